The molecule has 0 fully saturated rings. The SMILES string of the molecule is Clc1ccccc1-c1noc(Cc2ccc(Br)cc2)n1. The van der Waals surface area contributed by atoms with Crippen molar-refractivity contribution in [3.05, 3.63) is 69.5 Å². The van der Waals surface area contributed by atoms with Crippen molar-refractivity contribution in [2.75, 3.05) is 0 Å². The molecule has 0 unspecified atom stereocenters. The second kappa shape index (κ2) is 5.77. The highest BCUT2D eigenvalue weighted by molar-refractivity contribution is 9.10. The van der Waals surface area contributed by atoms with Crippen LogP contribution < -0.4 is 0 Å². The quantitative estimate of drug-likeness (QED) is 0.685. The minimum absolute atomic E-state index is 0.516. The Balaban J connectivity index is 1.84. The Kier molecular flexibility index (Phi) is 3.85. The zero-order valence-electron chi connectivity index (χ0n) is 10.4. The van der Waals surface area contributed by atoms with Crippen molar-refractivity contribution in [2.45, 2.75) is 6.42 Å². The van der Waals surface area contributed by atoms with Gasteiger partial charge in [0.15, 0.2) is 0 Å². The fraction of sp³-hybridized carbons (Fsp3) is 0.0667. The molecule has 3 rings (SSSR count). The number of hydrogen-bond donors (Lipinski definition) is 0. The first-order chi connectivity index (χ1) is 9.72. The molecule has 0 aliphatic heterocycles. The Labute approximate surface area is 129 Å². The third-order valence-electron chi connectivity index (χ3n) is 2.85. The topological polar surface area (TPSA) is 38.9 Å². The summed E-state index contributed by atoms with van der Waals surface area (Å²) in [4.78, 5) is 4.39. The van der Waals surface area contributed by atoms with E-state index in [2.05, 4.69) is 26.1 Å². The van der Waals surface area contributed by atoms with E-state index in [4.69, 9.17) is 16.1 Å². The second-order valence-electron chi connectivity index (χ2n) is 4.29. The molecule has 0 saturated heterocycles. The highest BCUT2D eigenvalue weighted by Crippen LogP contribution is 2.25. The van der Waals surface area contributed by atoms with Crippen LogP contribution in [0.2, 0.25) is 5.02 Å². The molecule has 3 nitrogen and oxygen atoms in total. The molecule has 0 spiro atoms. The van der Waals surface area contributed by atoms with E-state index in [0.29, 0.717) is 23.2 Å². The van der Waals surface area contributed by atoms with Gasteiger partial charge in [0.1, 0.15) is 0 Å². The number of nitrogens with zero attached hydrogens (tertiary/aromatic N) is 2. The summed E-state index contributed by atoms with van der Waals surface area (Å²) >= 11 is 9.53. The van der Waals surface area contributed by atoms with E-state index < -0.39 is 0 Å². The summed E-state index contributed by atoms with van der Waals surface area (Å²) in [6.45, 7) is 0. The molecule has 0 aliphatic carbocycles. The zero-order chi connectivity index (χ0) is 13.9. The summed E-state index contributed by atoms with van der Waals surface area (Å²) in [7, 11) is 0. The van der Waals surface area contributed by atoms with E-state index in [1.807, 2.05) is 48.5 Å². The van der Waals surface area contributed by atoms with Crippen molar-refractivity contribution < 1.29 is 4.52 Å². The lowest BCUT2D eigenvalue weighted by atomic mass is 10.1. The predicted octanol–water partition coefficient (Wildman–Crippen LogP) is 4.74. The van der Waals surface area contributed by atoms with E-state index in [0.717, 1.165) is 15.6 Å². The van der Waals surface area contributed by atoms with Crippen molar-refractivity contribution in [2.24, 2.45) is 0 Å². The second-order valence-corrected chi connectivity index (χ2v) is 5.62. The lowest BCUT2D eigenvalue weighted by molar-refractivity contribution is 0.385. The van der Waals surface area contributed by atoms with E-state index in [1.165, 1.54) is 0 Å². The van der Waals surface area contributed by atoms with Crippen LogP contribution in [-0.2, 0) is 6.42 Å². The molecule has 0 bridgehead atoms. The van der Waals surface area contributed by atoms with Gasteiger partial charge >= 0.3 is 0 Å². The number of rotatable bonds is 3. The van der Waals surface area contributed by atoms with E-state index >= 15 is 0 Å². The molecule has 1 aromatic heterocycles. The average Bonchev–Trinajstić information content (AvgIpc) is 2.90. The third kappa shape index (κ3) is 2.92. The molecule has 20 heavy (non-hydrogen) atoms. The fourth-order valence-corrected chi connectivity index (χ4v) is 2.34. The van der Waals surface area contributed by atoms with Crippen molar-refractivity contribution in [3.8, 4) is 11.4 Å². The lowest BCUT2D eigenvalue weighted by Gasteiger charge is -1.97. The van der Waals surface area contributed by atoms with Gasteiger partial charge in [0.25, 0.3) is 0 Å². The van der Waals surface area contributed by atoms with Gasteiger partial charge in [-0.25, -0.2) is 0 Å². The summed E-state index contributed by atoms with van der Waals surface area (Å²) < 4.78 is 6.32. The minimum atomic E-state index is 0.516. The van der Waals surface area contributed by atoms with Gasteiger partial charge in [0, 0.05) is 10.0 Å². The van der Waals surface area contributed by atoms with Gasteiger partial charge in [-0.1, -0.05) is 57.0 Å². The molecule has 0 radical (unpaired) electrons. The Morgan fingerprint density at radius 2 is 1.80 bits per heavy atom. The molecule has 0 aliphatic rings. The van der Waals surface area contributed by atoms with Crippen LogP contribution in [0.1, 0.15) is 11.5 Å². The molecule has 2 aromatic carbocycles. The Morgan fingerprint density at radius 3 is 2.55 bits per heavy atom. The van der Waals surface area contributed by atoms with Crippen molar-refractivity contribution in [1.29, 1.82) is 0 Å². The fourth-order valence-electron chi connectivity index (χ4n) is 1.86. The maximum Gasteiger partial charge on any atom is 0.231 e. The Hall–Kier alpha value is -1.65. The summed E-state index contributed by atoms with van der Waals surface area (Å²) in [6, 6.07) is 15.5. The maximum atomic E-state index is 6.12. The van der Waals surface area contributed by atoms with Gasteiger partial charge in [-0.2, -0.15) is 4.98 Å². The summed E-state index contributed by atoms with van der Waals surface area (Å²) in [5.41, 5.74) is 1.89. The van der Waals surface area contributed by atoms with Crippen LogP contribution in [-0.4, -0.2) is 10.1 Å². The minimum Gasteiger partial charge on any atom is -0.339 e. The highest BCUT2D eigenvalue weighted by atomic mass is 79.9. The molecule has 100 valence electrons. The van der Waals surface area contributed by atoms with Gasteiger partial charge < -0.3 is 4.52 Å². The first-order valence-electron chi connectivity index (χ1n) is 6.04. The number of aromatic nitrogens is 2. The van der Waals surface area contributed by atoms with Crippen molar-refractivity contribution in [1.82, 2.24) is 10.1 Å². The van der Waals surface area contributed by atoms with Crippen molar-refractivity contribution in [3.63, 3.8) is 0 Å². The van der Waals surface area contributed by atoms with Gasteiger partial charge in [0.05, 0.1) is 11.4 Å². The van der Waals surface area contributed by atoms with Crippen LogP contribution in [0.5, 0.6) is 0 Å². The predicted molar refractivity (Wildman–Crippen MR) is 81.7 cm³/mol. The largest absolute Gasteiger partial charge is 0.339 e. The summed E-state index contributed by atoms with van der Waals surface area (Å²) in [6.07, 6.45) is 0.602. The Morgan fingerprint density at radius 1 is 1.05 bits per heavy atom. The summed E-state index contributed by atoms with van der Waals surface area (Å²) in [5, 5.41) is 4.60. The average molecular weight is 350 g/mol. The van der Waals surface area contributed by atoms with Gasteiger partial charge in [-0.3, -0.25) is 0 Å². The van der Waals surface area contributed by atoms with E-state index in [9.17, 15) is 0 Å². The molecular formula is C15H10BrClN2O. The highest BCUT2D eigenvalue weighted by Gasteiger charge is 2.11. The van der Waals surface area contributed by atoms with Crippen LogP contribution in [0.3, 0.4) is 0 Å². The van der Waals surface area contributed by atoms with Gasteiger partial charge in [0.2, 0.25) is 11.7 Å². The monoisotopic (exact) mass is 348 g/mol. The maximum absolute atomic E-state index is 6.12. The number of hydrogen-bond acceptors (Lipinski definition) is 3. The van der Waals surface area contributed by atoms with Crippen molar-refractivity contribution >= 4 is 27.5 Å². The van der Waals surface area contributed by atoms with Crippen LogP contribution in [0, 0.1) is 0 Å². The molecule has 0 amide bonds. The molecule has 0 N–H and O–H groups in total. The van der Waals surface area contributed by atoms with Gasteiger partial charge in [-0.15, -0.1) is 0 Å². The van der Waals surface area contributed by atoms with Crippen LogP contribution in [0.4, 0.5) is 0 Å². The first kappa shape index (κ1) is 13.3. The van der Waals surface area contributed by atoms with Crippen LogP contribution >= 0.6 is 27.5 Å². The molecule has 0 atom stereocenters. The summed E-state index contributed by atoms with van der Waals surface area (Å²) in [5.74, 6) is 1.09. The third-order valence-corrected chi connectivity index (χ3v) is 3.71. The lowest BCUT2D eigenvalue weighted by Crippen LogP contribution is -1.88. The van der Waals surface area contributed by atoms with E-state index in [-0.39, 0.29) is 0 Å². The molecule has 0 saturated carbocycles. The number of benzene rings is 2. The normalized spacial score (nSPS) is 10.7. The molecule has 5 heteroatoms. The smallest absolute Gasteiger partial charge is 0.231 e. The van der Waals surface area contributed by atoms with Crippen LogP contribution in [0.15, 0.2) is 57.5 Å². The van der Waals surface area contributed by atoms with Gasteiger partial charge in [-0.05, 0) is 29.8 Å². The van der Waals surface area contributed by atoms with Crippen LogP contribution in [0.25, 0.3) is 11.4 Å². The zero-order valence-corrected chi connectivity index (χ0v) is 12.7. The number of halogens is 2. The Bertz CT molecular complexity index is 725. The standard InChI is InChI=1S/C15H10BrClN2O/c16-11-7-5-10(6-8-11)9-14-18-15(19-20-14)12-3-1-2-4-13(12)17/h1-8H,9H2. The first-order valence-corrected chi connectivity index (χ1v) is 7.21. The molecule has 1 heterocycles. The van der Waals surface area contributed by atoms with E-state index in [1.54, 1.807) is 0 Å². The molecule has 3 aromatic rings. The molecular weight excluding hydrogens is 340 g/mol.